The van der Waals surface area contributed by atoms with E-state index in [4.69, 9.17) is 4.42 Å². The predicted octanol–water partition coefficient (Wildman–Crippen LogP) is 6.50. The summed E-state index contributed by atoms with van der Waals surface area (Å²) < 4.78 is 5.47. The van der Waals surface area contributed by atoms with Gasteiger partial charge in [-0.2, -0.15) is 0 Å². The van der Waals surface area contributed by atoms with Crippen LogP contribution in [0.3, 0.4) is 0 Å². The van der Waals surface area contributed by atoms with E-state index in [1.165, 1.54) is 12.0 Å². The van der Waals surface area contributed by atoms with Crippen LogP contribution >= 0.6 is 11.8 Å². The largest absolute Gasteiger partial charge is 0.441 e. The Labute approximate surface area is 149 Å². The number of hydrogen-bond acceptors (Lipinski definition) is 4. The molecule has 0 aliphatic rings. The van der Waals surface area contributed by atoms with Crippen LogP contribution in [0.15, 0.2) is 69.4 Å². The van der Waals surface area contributed by atoms with Crippen molar-refractivity contribution in [3.63, 3.8) is 0 Å². The molecule has 0 unspecified atom stereocenters. The zero-order valence-corrected chi connectivity index (χ0v) is 15.9. The van der Waals surface area contributed by atoms with E-state index in [0.29, 0.717) is 0 Å². The summed E-state index contributed by atoms with van der Waals surface area (Å²) in [6.07, 6.45) is 4.27. The number of rotatable bonds is 4. The summed E-state index contributed by atoms with van der Waals surface area (Å²) >= 11 is 1.59. The third-order valence-corrected chi connectivity index (χ3v) is 3.97. The molecular weight excluding hydrogens is 316 g/mol. The van der Waals surface area contributed by atoms with Gasteiger partial charge in [0, 0.05) is 11.1 Å². The van der Waals surface area contributed by atoms with Crippen molar-refractivity contribution in [1.29, 1.82) is 0 Å². The van der Waals surface area contributed by atoms with Gasteiger partial charge in [0.25, 0.3) is 0 Å². The maximum absolute atomic E-state index is 5.47. The minimum atomic E-state index is 0.718. The first kappa shape index (κ1) is 20.0. The Hall–Kier alpha value is -2.07. The smallest absolute Gasteiger partial charge is 0.186 e. The summed E-state index contributed by atoms with van der Waals surface area (Å²) in [6.45, 7) is 10.2. The quantitative estimate of drug-likeness (QED) is 0.542. The first-order valence-corrected chi connectivity index (χ1v) is 9.30. The lowest BCUT2D eigenvalue weighted by Crippen LogP contribution is -1.83. The van der Waals surface area contributed by atoms with Gasteiger partial charge in [0.1, 0.15) is 10.7 Å². The van der Waals surface area contributed by atoms with E-state index in [2.05, 4.69) is 41.2 Å². The van der Waals surface area contributed by atoms with Crippen LogP contribution in [-0.4, -0.2) is 9.97 Å². The molecule has 3 rings (SSSR count). The summed E-state index contributed by atoms with van der Waals surface area (Å²) in [7, 11) is 0. The van der Waals surface area contributed by atoms with Crippen molar-refractivity contribution in [1.82, 2.24) is 9.97 Å². The molecule has 3 aromatic rings. The molecule has 0 saturated carbocycles. The molecule has 0 N–H and O–H groups in total. The Morgan fingerprint density at radius 1 is 0.917 bits per heavy atom. The van der Waals surface area contributed by atoms with E-state index >= 15 is 0 Å². The molecule has 2 aromatic heterocycles. The molecule has 4 heteroatoms. The zero-order chi connectivity index (χ0) is 17.8. The van der Waals surface area contributed by atoms with Gasteiger partial charge >= 0.3 is 0 Å². The molecule has 0 radical (unpaired) electrons. The Morgan fingerprint density at radius 3 is 2.21 bits per heavy atom. The van der Waals surface area contributed by atoms with Crippen LogP contribution in [0.2, 0.25) is 0 Å². The molecule has 0 aliphatic carbocycles. The monoisotopic (exact) mass is 342 g/mol. The molecule has 0 saturated heterocycles. The van der Waals surface area contributed by atoms with Gasteiger partial charge in [0.15, 0.2) is 12.2 Å². The summed E-state index contributed by atoms with van der Waals surface area (Å²) in [6, 6.07) is 14.3. The number of hydrogen-bond donors (Lipinski definition) is 0. The van der Waals surface area contributed by atoms with E-state index in [9.17, 15) is 0 Å². The Morgan fingerprint density at radius 2 is 1.62 bits per heavy atom. The summed E-state index contributed by atoms with van der Waals surface area (Å²) in [5.41, 5.74) is 2.14. The lowest BCUT2D eigenvalue weighted by Gasteiger charge is -2.02. The minimum absolute atomic E-state index is 0.718. The first-order chi connectivity index (χ1) is 11.9. The standard InChI is InChI=1S/C16H14N2OS.2C2H6/c1-2-12-6-8-13(9-7-12)20-16-15(19-11-18-16)14-5-3-4-10-17-14;2*1-2/h3-11H,2H2,1H3;2*1-2H3. The maximum Gasteiger partial charge on any atom is 0.186 e. The molecule has 1 aromatic carbocycles. The van der Waals surface area contributed by atoms with Crippen molar-refractivity contribution < 1.29 is 4.42 Å². The molecule has 24 heavy (non-hydrogen) atoms. The lowest BCUT2D eigenvalue weighted by molar-refractivity contribution is 0.568. The predicted molar refractivity (Wildman–Crippen MR) is 102 cm³/mol. The van der Waals surface area contributed by atoms with Gasteiger partial charge in [0.05, 0.1) is 0 Å². The Bertz CT molecular complexity index is 678. The molecule has 0 fully saturated rings. The second-order valence-electron chi connectivity index (χ2n) is 4.30. The van der Waals surface area contributed by atoms with Crippen LogP contribution in [0.25, 0.3) is 11.5 Å². The van der Waals surface area contributed by atoms with Crippen LogP contribution in [0.1, 0.15) is 40.2 Å². The maximum atomic E-state index is 5.47. The van der Waals surface area contributed by atoms with E-state index < -0.39 is 0 Å². The van der Waals surface area contributed by atoms with Gasteiger partial charge in [-0.1, -0.05) is 64.6 Å². The first-order valence-electron chi connectivity index (χ1n) is 8.48. The SMILES string of the molecule is CC.CC.CCc1ccc(Sc2ncoc2-c2ccccn2)cc1. The second kappa shape index (κ2) is 11.5. The van der Waals surface area contributed by atoms with Gasteiger partial charge in [-0.3, -0.25) is 4.98 Å². The molecular formula is C20H26N2OS. The lowest BCUT2D eigenvalue weighted by atomic mass is 10.2. The molecule has 3 nitrogen and oxygen atoms in total. The molecule has 0 atom stereocenters. The second-order valence-corrected chi connectivity index (χ2v) is 5.36. The van der Waals surface area contributed by atoms with E-state index in [1.54, 1.807) is 18.0 Å². The normalized spacial score (nSPS) is 9.38. The van der Waals surface area contributed by atoms with Crippen molar-refractivity contribution in [3.8, 4) is 11.5 Å². The minimum Gasteiger partial charge on any atom is -0.441 e. The van der Waals surface area contributed by atoms with Crippen molar-refractivity contribution >= 4 is 11.8 Å². The highest BCUT2D eigenvalue weighted by Crippen LogP contribution is 2.34. The molecule has 0 aliphatic heterocycles. The number of nitrogens with zero attached hydrogens (tertiary/aromatic N) is 2. The van der Waals surface area contributed by atoms with Crippen molar-refractivity contribution in [3.05, 3.63) is 60.6 Å². The molecule has 0 bridgehead atoms. The average Bonchev–Trinajstić information content (AvgIpc) is 3.14. The summed E-state index contributed by atoms with van der Waals surface area (Å²) in [5.74, 6) is 0.718. The van der Waals surface area contributed by atoms with E-state index in [0.717, 1.165) is 27.8 Å². The van der Waals surface area contributed by atoms with Crippen LogP contribution in [0.4, 0.5) is 0 Å². The Balaban J connectivity index is 0.000000671. The highest BCUT2D eigenvalue weighted by atomic mass is 32.2. The topological polar surface area (TPSA) is 38.9 Å². The van der Waals surface area contributed by atoms with Gasteiger partial charge < -0.3 is 4.42 Å². The number of aryl methyl sites for hydroxylation is 1. The third kappa shape index (κ3) is 5.53. The number of oxazole rings is 1. The van der Waals surface area contributed by atoms with Gasteiger partial charge in [0.2, 0.25) is 0 Å². The molecule has 2 heterocycles. The van der Waals surface area contributed by atoms with Crippen molar-refractivity contribution in [2.75, 3.05) is 0 Å². The average molecular weight is 343 g/mol. The fourth-order valence-corrected chi connectivity index (χ4v) is 2.72. The molecule has 0 amide bonds. The molecule has 0 spiro atoms. The fourth-order valence-electron chi connectivity index (χ4n) is 1.88. The van der Waals surface area contributed by atoms with Crippen LogP contribution in [0.5, 0.6) is 0 Å². The van der Waals surface area contributed by atoms with Gasteiger partial charge in [-0.05, 0) is 36.2 Å². The van der Waals surface area contributed by atoms with Crippen LogP contribution < -0.4 is 0 Å². The van der Waals surface area contributed by atoms with Crippen LogP contribution in [-0.2, 0) is 6.42 Å². The highest BCUT2D eigenvalue weighted by Gasteiger charge is 2.13. The number of pyridine rings is 1. The van der Waals surface area contributed by atoms with Crippen LogP contribution in [0, 0.1) is 0 Å². The highest BCUT2D eigenvalue weighted by molar-refractivity contribution is 7.99. The van der Waals surface area contributed by atoms with Crippen molar-refractivity contribution in [2.45, 2.75) is 51.0 Å². The Kier molecular flexibility index (Phi) is 9.54. The summed E-state index contributed by atoms with van der Waals surface area (Å²) in [4.78, 5) is 9.74. The van der Waals surface area contributed by atoms with Gasteiger partial charge in [-0.25, -0.2) is 4.98 Å². The summed E-state index contributed by atoms with van der Waals surface area (Å²) in [5, 5.41) is 0.841. The van der Waals surface area contributed by atoms with E-state index in [-0.39, 0.29) is 0 Å². The fraction of sp³-hybridized carbons (Fsp3) is 0.300. The zero-order valence-electron chi connectivity index (χ0n) is 15.1. The third-order valence-electron chi connectivity index (χ3n) is 2.98. The number of aromatic nitrogens is 2. The van der Waals surface area contributed by atoms with Gasteiger partial charge in [-0.15, -0.1) is 0 Å². The van der Waals surface area contributed by atoms with E-state index in [1.807, 2.05) is 45.9 Å². The number of benzene rings is 1. The van der Waals surface area contributed by atoms with Crippen molar-refractivity contribution in [2.24, 2.45) is 0 Å². The molecule has 128 valence electrons.